The number of unbranched alkanes of at least 4 members (excludes halogenated alkanes) is 16. The van der Waals surface area contributed by atoms with E-state index in [1.165, 1.54) is 116 Å². The Morgan fingerprint density at radius 3 is 1.39 bits per heavy atom. The van der Waals surface area contributed by atoms with Crippen molar-refractivity contribution in [2.24, 2.45) is 0 Å². The Hall–Kier alpha value is -0.0900. The van der Waals surface area contributed by atoms with Crippen LogP contribution in [0, 0.1) is 0 Å². The third kappa shape index (κ3) is 27.9. The van der Waals surface area contributed by atoms with Gasteiger partial charge in [0.15, 0.2) is 0 Å². The molecule has 31 heavy (non-hydrogen) atoms. The number of nitrogens with one attached hydrogen (secondary N) is 1. The molecule has 0 aliphatic heterocycles. The summed E-state index contributed by atoms with van der Waals surface area (Å²) in [6, 6.07) is 0.274. The summed E-state index contributed by atoms with van der Waals surface area (Å²) >= 11 is 0. The van der Waals surface area contributed by atoms with Crippen LogP contribution in [-0.2, 0) is 0 Å². The zero-order valence-corrected chi connectivity index (χ0v) is 21.6. The van der Waals surface area contributed by atoms with Crippen LogP contribution in [0.3, 0.4) is 0 Å². The van der Waals surface area contributed by atoms with E-state index in [9.17, 15) is 0 Å². The molecular weight excluding hydrogens is 406 g/mol. The van der Waals surface area contributed by atoms with Crippen LogP contribution >= 0.6 is 12.4 Å². The molecule has 3 nitrogen and oxygen atoms in total. The van der Waals surface area contributed by atoms with Crippen LogP contribution in [0.15, 0.2) is 12.2 Å². The molecule has 0 heterocycles. The summed E-state index contributed by atoms with van der Waals surface area (Å²) in [5, 5.41) is 21.5. The molecule has 0 aliphatic rings. The van der Waals surface area contributed by atoms with E-state index in [1.807, 2.05) is 0 Å². The van der Waals surface area contributed by atoms with Crippen molar-refractivity contribution < 1.29 is 10.2 Å². The van der Waals surface area contributed by atoms with Gasteiger partial charge in [0.2, 0.25) is 0 Å². The standard InChI is InChI=1S/C27H55NO2.ClH/c1-2-3-4-5-6-7-8-9-10-11-12-13-14-15-16-17-18-19-20-21-24-28-27(22-25-29)23-26-30;/h9-10,27-30H,2-8,11-26H2,1H3;1H/b10-9-;. The van der Waals surface area contributed by atoms with E-state index in [0.29, 0.717) is 0 Å². The predicted molar refractivity (Wildman–Crippen MR) is 140 cm³/mol. The Morgan fingerprint density at radius 1 is 0.581 bits per heavy atom. The van der Waals surface area contributed by atoms with E-state index in [1.54, 1.807) is 0 Å². The number of hydrogen-bond acceptors (Lipinski definition) is 3. The minimum absolute atomic E-state index is 0. The molecule has 0 rings (SSSR count). The molecule has 0 fully saturated rings. The highest BCUT2D eigenvalue weighted by atomic mass is 35.5. The van der Waals surface area contributed by atoms with Crippen molar-refractivity contribution >= 4 is 12.4 Å². The average molecular weight is 462 g/mol. The van der Waals surface area contributed by atoms with E-state index in [2.05, 4.69) is 24.4 Å². The molecule has 0 saturated heterocycles. The third-order valence-electron chi connectivity index (χ3n) is 6.08. The van der Waals surface area contributed by atoms with Gasteiger partial charge in [0.05, 0.1) is 0 Å². The normalized spacial score (nSPS) is 11.5. The minimum Gasteiger partial charge on any atom is -0.396 e. The zero-order valence-electron chi connectivity index (χ0n) is 20.8. The fourth-order valence-corrected chi connectivity index (χ4v) is 4.05. The van der Waals surface area contributed by atoms with Gasteiger partial charge < -0.3 is 15.5 Å². The minimum atomic E-state index is 0. The van der Waals surface area contributed by atoms with Gasteiger partial charge in [-0.2, -0.15) is 0 Å². The van der Waals surface area contributed by atoms with Crippen LogP contribution in [0.25, 0.3) is 0 Å². The van der Waals surface area contributed by atoms with Crippen molar-refractivity contribution in [2.45, 2.75) is 141 Å². The van der Waals surface area contributed by atoms with Crippen molar-refractivity contribution in [2.75, 3.05) is 19.8 Å². The maximum atomic E-state index is 9.01. The lowest BCUT2D eigenvalue weighted by Crippen LogP contribution is -2.31. The molecule has 4 heteroatoms. The van der Waals surface area contributed by atoms with Crippen molar-refractivity contribution in [1.29, 1.82) is 0 Å². The smallest absolute Gasteiger partial charge is 0.0445 e. The second-order valence-corrected chi connectivity index (χ2v) is 9.03. The van der Waals surface area contributed by atoms with Gasteiger partial charge in [0.25, 0.3) is 0 Å². The quantitative estimate of drug-likeness (QED) is 0.0962. The first-order chi connectivity index (χ1) is 14.8. The maximum absolute atomic E-state index is 9.01. The fraction of sp³-hybridized carbons (Fsp3) is 0.926. The van der Waals surface area contributed by atoms with Gasteiger partial charge in [-0.05, 0) is 51.5 Å². The van der Waals surface area contributed by atoms with E-state index >= 15 is 0 Å². The van der Waals surface area contributed by atoms with Crippen molar-refractivity contribution in [3.63, 3.8) is 0 Å². The summed E-state index contributed by atoms with van der Waals surface area (Å²) < 4.78 is 0. The molecule has 0 bridgehead atoms. The molecule has 0 saturated carbocycles. The van der Waals surface area contributed by atoms with Crippen LogP contribution in [0.2, 0.25) is 0 Å². The van der Waals surface area contributed by atoms with Crippen LogP contribution in [0.5, 0.6) is 0 Å². The summed E-state index contributed by atoms with van der Waals surface area (Å²) in [4.78, 5) is 0. The van der Waals surface area contributed by atoms with Gasteiger partial charge in [0.1, 0.15) is 0 Å². The number of allylic oxidation sites excluding steroid dienone is 2. The first-order valence-electron chi connectivity index (χ1n) is 13.4. The van der Waals surface area contributed by atoms with Gasteiger partial charge in [-0.3, -0.25) is 0 Å². The van der Waals surface area contributed by atoms with Gasteiger partial charge in [-0.25, -0.2) is 0 Å². The molecule has 0 atom stereocenters. The topological polar surface area (TPSA) is 52.5 Å². The molecule has 0 aliphatic carbocycles. The predicted octanol–water partition coefficient (Wildman–Crippen LogP) is 7.73. The summed E-state index contributed by atoms with van der Waals surface area (Å²) in [6.07, 6.45) is 30.9. The molecule has 0 radical (unpaired) electrons. The zero-order chi connectivity index (χ0) is 22.0. The molecule has 0 aromatic carbocycles. The Morgan fingerprint density at radius 2 is 0.968 bits per heavy atom. The summed E-state index contributed by atoms with van der Waals surface area (Å²) in [5.74, 6) is 0. The van der Waals surface area contributed by atoms with Crippen LogP contribution in [-0.4, -0.2) is 36.0 Å². The molecule has 3 N–H and O–H groups in total. The lowest BCUT2D eigenvalue weighted by atomic mass is 10.1. The van der Waals surface area contributed by atoms with Gasteiger partial charge >= 0.3 is 0 Å². The SMILES string of the molecule is CCCCCCCC/C=C\CCCCCCCCCCCCNC(CCO)CCO.Cl. The highest BCUT2D eigenvalue weighted by Gasteiger charge is 2.05. The third-order valence-corrected chi connectivity index (χ3v) is 6.08. The first-order valence-corrected chi connectivity index (χ1v) is 13.4. The molecule has 0 spiro atoms. The second kappa shape index (κ2) is 29.9. The Labute approximate surface area is 201 Å². The van der Waals surface area contributed by atoms with E-state index in [-0.39, 0.29) is 31.7 Å². The highest BCUT2D eigenvalue weighted by Crippen LogP contribution is 2.12. The number of aliphatic hydroxyl groups is 2. The summed E-state index contributed by atoms with van der Waals surface area (Å²) in [6.45, 7) is 3.70. The van der Waals surface area contributed by atoms with Crippen molar-refractivity contribution in [1.82, 2.24) is 5.32 Å². The maximum Gasteiger partial charge on any atom is 0.0445 e. The average Bonchev–Trinajstić information content (AvgIpc) is 2.75. The summed E-state index contributed by atoms with van der Waals surface area (Å²) in [5.41, 5.74) is 0. The Balaban J connectivity index is 0. The molecule has 0 aromatic heterocycles. The van der Waals surface area contributed by atoms with Gasteiger partial charge in [0, 0.05) is 19.3 Å². The van der Waals surface area contributed by atoms with Crippen LogP contribution < -0.4 is 5.32 Å². The molecule has 0 unspecified atom stereocenters. The van der Waals surface area contributed by atoms with Gasteiger partial charge in [-0.15, -0.1) is 12.4 Å². The van der Waals surface area contributed by atoms with E-state index in [0.717, 1.165) is 19.4 Å². The number of halogens is 1. The van der Waals surface area contributed by atoms with E-state index < -0.39 is 0 Å². The lowest BCUT2D eigenvalue weighted by Gasteiger charge is -2.16. The van der Waals surface area contributed by atoms with Crippen LogP contribution in [0.1, 0.15) is 135 Å². The Bertz CT molecular complexity index is 333. The van der Waals surface area contributed by atoms with Crippen molar-refractivity contribution in [3.05, 3.63) is 12.2 Å². The number of aliphatic hydroxyl groups excluding tert-OH is 2. The fourth-order valence-electron chi connectivity index (χ4n) is 4.05. The molecule has 0 aromatic rings. The highest BCUT2D eigenvalue weighted by molar-refractivity contribution is 5.85. The summed E-state index contributed by atoms with van der Waals surface area (Å²) in [7, 11) is 0. The largest absolute Gasteiger partial charge is 0.396 e. The van der Waals surface area contributed by atoms with Crippen molar-refractivity contribution in [3.8, 4) is 0 Å². The number of rotatable bonds is 25. The Kier molecular flexibility index (Phi) is 31.9. The first kappa shape index (κ1) is 33.1. The number of hydrogen-bond donors (Lipinski definition) is 3. The van der Waals surface area contributed by atoms with E-state index in [4.69, 9.17) is 10.2 Å². The molecule has 188 valence electrons. The second-order valence-electron chi connectivity index (χ2n) is 9.03. The molecule has 0 amide bonds. The lowest BCUT2D eigenvalue weighted by molar-refractivity contribution is 0.227. The molecular formula is C27H56ClNO2. The van der Waals surface area contributed by atoms with Gasteiger partial charge in [-0.1, -0.05) is 103 Å². The van der Waals surface area contributed by atoms with Crippen LogP contribution in [0.4, 0.5) is 0 Å². The monoisotopic (exact) mass is 461 g/mol.